The maximum atomic E-state index is 12.0. The molecule has 0 saturated heterocycles. The van der Waals surface area contributed by atoms with Gasteiger partial charge in [-0.3, -0.25) is 14.0 Å². The average molecular weight is 336 g/mol. The zero-order valence-corrected chi connectivity index (χ0v) is 12.0. The van der Waals surface area contributed by atoms with Crippen LogP contribution in [0.1, 0.15) is 18.7 Å². The van der Waals surface area contributed by atoms with E-state index in [2.05, 4.69) is 25.9 Å². The highest BCUT2D eigenvalue weighted by molar-refractivity contribution is 9.10. The predicted molar refractivity (Wildman–Crippen MR) is 77.1 cm³/mol. The summed E-state index contributed by atoms with van der Waals surface area (Å²) in [4.78, 5) is 30.1. The number of aromatic amines is 1. The summed E-state index contributed by atoms with van der Waals surface area (Å²) in [5.41, 5.74) is 1.37. The first-order valence-corrected chi connectivity index (χ1v) is 6.70. The van der Waals surface area contributed by atoms with Crippen LogP contribution in [0, 0.1) is 0 Å². The van der Waals surface area contributed by atoms with Gasteiger partial charge in [-0.2, -0.15) is 0 Å². The Labute approximate surface area is 121 Å². The van der Waals surface area contributed by atoms with E-state index in [9.17, 15) is 9.59 Å². The number of nitrogens with zero attached hydrogens (tertiary/aromatic N) is 2. The van der Waals surface area contributed by atoms with Crippen LogP contribution in [0.25, 0.3) is 16.6 Å². The molecule has 0 spiro atoms. The first kappa shape index (κ1) is 12.9. The summed E-state index contributed by atoms with van der Waals surface area (Å²) in [5, 5.41) is 9.15. The van der Waals surface area contributed by atoms with Gasteiger partial charge < -0.3 is 10.1 Å². The van der Waals surface area contributed by atoms with Gasteiger partial charge in [0.25, 0.3) is 5.56 Å². The van der Waals surface area contributed by atoms with Crippen molar-refractivity contribution in [2.75, 3.05) is 0 Å². The molecule has 2 aromatic heterocycles. The van der Waals surface area contributed by atoms with Gasteiger partial charge in [0.2, 0.25) is 0 Å². The zero-order valence-electron chi connectivity index (χ0n) is 10.4. The lowest BCUT2D eigenvalue weighted by Gasteiger charge is -2.08. The molecule has 0 amide bonds. The lowest BCUT2D eigenvalue weighted by Crippen LogP contribution is -2.15. The van der Waals surface area contributed by atoms with Crippen molar-refractivity contribution in [3.8, 4) is 0 Å². The van der Waals surface area contributed by atoms with Crippen molar-refractivity contribution in [2.45, 2.75) is 12.8 Å². The van der Waals surface area contributed by atoms with Gasteiger partial charge in [0.1, 0.15) is 17.3 Å². The smallest absolute Gasteiger partial charge is 0.313 e. The minimum atomic E-state index is -0.983. The molecule has 3 rings (SSSR count). The number of carbonyl (C=O) groups is 1. The Morgan fingerprint density at radius 2 is 2.20 bits per heavy atom. The quantitative estimate of drug-likeness (QED) is 0.750. The molecule has 2 heterocycles. The van der Waals surface area contributed by atoms with Crippen LogP contribution in [0.15, 0.2) is 33.7 Å². The Balaban J connectivity index is 2.48. The van der Waals surface area contributed by atoms with Gasteiger partial charge in [-0.25, -0.2) is 4.98 Å². The van der Waals surface area contributed by atoms with Gasteiger partial charge in [0, 0.05) is 4.47 Å². The van der Waals surface area contributed by atoms with Gasteiger partial charge in [-0.15, -0.1) is 0 Å². The van der Waals surface area contributed by atoms with E-state index < -0.39 is 11.9 Å². The summed E-state index contributed by atoms with van der Waals surface area (Å²) in [6.45, 7) is 1.54. The van der Waals surface area contributed by atoms with Gasteiger partial charge in [0.05, 0.1) is 17.2 Å². The number of H-pyrrole nitrogens is 1. The number of carboxylic acids is 1. The van der Waals surface area contributed by atoms with Gasteiger partial charge in [0.15, 0.2) is 0 Å². The molecule has 3 aromatic rings. The molecule has 20 heavy (non-hydrogen) atoms. The first-order valence-electron chi connectivity index (χ1n) is 5.90. The minimum Gasteiger partial charge on any atom is -0.481 e. The lowest BCUT2D eigenvalue weighted by atomic mass is 10.1. The number of fused-ring (bicyclic) bond motifs is 3. The number of aromatic nitrogens is 3. The highest BCUT2D eigenvalue weighted by Gasteiger charge is 2.21. The Bertz CT molecular complexity index is 897. The molecule has 102 valence electrons. The number of hydrogen-bond donors (Lipinski definition) is 2. The Morgan fingerprint density at radius 3 is 2.90 bits per heavy atom. The topological polar surface area (TPSA) is 87.5 Å². The maximum Gasteiger partial charge on any atom is 0.313 e. The van der Waals surface area contributed by atoms with Crippen molar-refractivity contribution in [1.82, 2.24) is 14.4 Å². The number of aliphatic carboxylic acids is 1. The molecule has 0 bridgehead atoms. The third-order valence-corrected chi connectivity index (χ3v) is 3.72. The van der Waals surface area contributed by atoms with Crippen molar-refractivity contribution in [3.05, 3.63) is 45.0 Å². The second-order valence-electron chi connectivity index (χ2n) is 4.51. The number of halogens is 1. The van der Waals surface area contributed by atoms with Crippen LogP contribution in [0.4, 0.5) is 0 Å². The minimum absolute atomic E-state index is 0.299. The number of benzene rings is 1. The molecule has 2 N–H and O–H groups in total. The van der Waals surface area contributed by atoms with E-state index in [0.29, 0.717) is 22.4 Å². The van der Waals surface area contributed by atoms with Crippen molar-refractivity contribution in [2.24, 2.45) is 0 Å². The molecule has 0 saturated carbocycles. The first-order chi connectivity index (χ1) is 9.49. The molecule has 1 atom stereocenters. The molecule has 1 unspecified atom stereocenters. The summed E-state index contributed by atoms with van der Waals surface area (Å²) in [6.07, 6.45) is 1.40. The second kappa shape index (κ2) is 4.45. The maximum absolute atomic E-state index is 12.0. The third-order valence-electron chi connectivity index (χ3n) is 3.23. The van der Waals surface area contributed by atoms with E-state index in [-0.39, 0.29) is 5.56 Å². The van der Waals surface area contributed by atoms with Gasteiger partial charge in [-0.05, 0) is 25.1 Å². The largest absolute Gasteiger partial charge is 0.481 e. The van der Waals surface area contributed by atoms with Crippen molar-refractivity contribution >= 4 is 38.4 Å². The molecule has 0 aliphatic rings. The molecule has 0 radical (unpaired) electrons. The van der Waals surface area contributed by atoms with E-state index >= 15 is 0 Å². The van der Waals surface area contributed by atoms with Gasteiger partial charge >= 0.3 is 5.97 Å². The molecule has 0 fully saturated rings. The highest BCUT2D eigenvalue weighted by atomic mass is 79.9. The molecule has 0 aliphatic carbocycles. The number of imidazole rings is 1. The summed E-state index contributed by atoms with van der Waals surface area (Å²) < 4.78 is 2.42. The standard InChI is InChI=1S/C13H10BrN3O3/c1-6(13(19)20)11-15-5-10-12(18)16-8-4-7(14)2-3-9(8)17(10)11/h2-6H,1H3,(H,16,18)(H,19,20). The van der Waals surface area contributed by atoms with Crippen LogP contribution < -0.4 is 5.56 Å². The Hall–Kier alpha value is -2.15. The molecular formula is C13H10BrN3O3. The van der Waals surface area contributed by atoms with Crippen molar-refractivity contribution in [3.63, 3.8) is 0 Å². The van der Waals surface area contributed by atoms with Crippen LogP contribution in [0.3, 0.4) is 0 Å². The fourth-order valence-electron chi connectivity index (χ4n) is 2.19. The fourth-order valence-corrected chi connectivity index (χ4v) is 2.55. The van der Waals surface area contributed by atoms with Crippen LogP contribution in [-0.2, 0) is 4.79 Å². The van der Waals surface area contributed by atoms with E-state index in [4.69, 9.17) is 5.11 Å². The van der Waals surface area contributed by atoms with Crippen molar-refractivity contribution in [1.29, 1.82) is 0 Å². The monoisotopic (exact) mass is 335 g/mol. The molecule has 7 heteroatoms. The van der Waals surface area contributed by atoms with Crippen LogP contribution in [-0.4, -0.2) is 25.4 Å². The van der Waals surface area contributed by atoms with E-state index in [1.165, 1.54) is 6.20 Å². The highest BCUT2D eigenvalue weighted by Crippen LogP contribution is 2.22. The van der Waals surface area contributed by atoms with Crippen LogP contribution in [0.2, 0.25) is 0 Å². The molecular weight excluding hydrogens is 326 g/mol. The van der Waals surface area contributed by atoms with Crippen LogP contribution in [0.5, 0.6) is 0 Å². The number of rotatable bonds is 2. The molecule has 6 nitrogen and oxygen atoms in total. The summed E-state index contributed by atoms with van der Waals surface area (Å²) in [6, 6.07) is 5.41. The SMILES string of the molecule is CC(C(=O)O)c1ncc2c(=O)[nH]c3cc(Br)ccc3n12. The van der Waals surface area contributed by atoms with E-state index in [1.54, 1.807) is 17.4 Å². The Morgan fingerprint density at radius 1 is 1.45 bits per heavy atom. The number of hydrogen-bond acceptors (Lipinski definition) is 3. The number of nitrogens with one attached hydrogen (secondary N) is 1. The van der Waals surface area contributed by atoms with Crippen LogP contribution >= 0.6 is 15.9 Å². The third kappa shape index (κ3) is 1.82. The second-order valence-corrected chi connectivity index (χ2v) is 5.43. The van der Waals surface area contributed by atoms with E-state index in [1.807, 2.05) is 12.1 Å². The summed E-state index contributed by atoms with van der Waals surface area (Å²) >= 11 is 3.34. The molecule has 0 aliphatic heterocycles. The summed E-state index contributed by atoms with van der Waals surface area (Å²) in [5.74, 6) is -1.44. The normalized spacial score (nSPS) is 12.9. The number of carboxylic acid groups (broad SMARTS) is 1. The van der Waals surface area contributed by atoms with E-state index in [0.717, 1.165) is 4.47 Å². The molecule has 1 aromatic carbocycles. The van der Waals surface area contributed by atoms with Crippen molar-refractivity contribution < 1.29 is 9.90 Å². The zero-order chi connectivity index (χ0) is 14.4. The fraction of sp³-hybridized carbons (Fsp3) is 0.154. The average Bonchev–Trinajstić information content (AvgIpc) is 2.82. The lowest BCUT2D eigenvalue weighted by molar-refractivity contribution is -0.138. The summed E-state index contributed by atoms with van der Waals surface area (Å²) in [7, 11) is 0. The van der Waals surface area contributed by atoms with Gasteiger partial charge in [-0.1, -0.05) is 15.9 Å². The Kier molecular flexibility index (Phi) is 2.86. The predicted octanol–water partition coefficient (Wildman–Crippen LogP) is 2.13.